The van der Waals surface area contributed by atoms with E-state index < -0.39 is 19.4 Å². The van der Waals surface area contributed by atoms with Gasteiger partial charge in [0.2, 0.25) is 16.8 Å². The summed E-state index contributed by atoms with van der Waals surface area (Å²) in [5.41, 5.74) is 4.60. The van der Waals surface area contributed by atoms with E-state index in [1.165, 1.54) is 0 Å². The van der Waals surface area contributed by atoms with Crippen molar-refractivity contribution < 1.29 is 33.6 Å². The van der Waals surface area contributed by atoms with Crippen LogP contribution >= 0.6 is 8.03 Å². The minimum absolute atomic E-state index is 0.0331. The van der Waals surface area contributed by atoms with Crippen molar-refractivity contribution in [3.8, 4) is 23.0 Å². The van der Waals surface area contributed by atoms with Crippen LogP contribution in [0.1, 0.15) is 59.2 Å². The van der Waals surface area contributed by atoms with Crippen LogP contribution in [-0.2, 0) is 28.0 Å². The van der Waals surface area contributed by atoms with E-state index in [4.69, 9.17) is 14.2 Å². The van der Waals surface area contributed by atoms with Crippen LogP contribution in [0.3, 0.4) is 0 Å². The third kappa shape index (κ3) is 7.42. The van der Waals surface area contributed by atoms with Crippen molar-refractivity contribution in [2.75, 3.05) is 0 Å². The predicted octanol–water partition coefficient (Wildman–Crippen LogP) is 7.35. The van der Waals surface area contributed by atoms with Gasteiger partial charge in [0, 0.05) is 22.1 Å². The van der Waals surface area contributed by atoms with Crippen molar-refractivity contribution in [2.24, 2.45) is 0 Å². The first kappa shape index (κ1) is 31.7. The number of hydrogen-bond donors (Lipinski definition) is 1. The summed E-state index contributed by atoms with van der Waals surface area (Å²) in [6.07, 6.45) is -0.107. The molecule has 0 radical (unpaired) electrons. The minimum Gasteiger partial charge on any atom is -0.591 e. The molecule has 0 spiro atoms. The molecule has 4 aromatic carbocycles. The molecule has 1 atom stereocenters. The van der Waals surface area contributed by atoms with Gasteiger partial charge in [-0.3, -0.25) is 4.79 Å². The monoisotopic (exact) mass is 600 g/mol. The van der Waals surface area contributed by atoms with Crippen LogP contribution in [0.2, 0.25) is 0 Å². The topological polar surface area (TPSA) is 105 Å². The number of aliphatic carboxylic acids is 1. The van der Waals surface area contributed by atoms with Gasteiger partial charge in [-0.05, 0) is 56.0 Å². The molecular weight excluding hydrogens is 563 g/mol. The number of benzene rings is 4. The Balaban J connectivity index is 1.93. The molecule has 0 amide bonds. The zero-order valence-corrected chi connectivity index (χ0v) is 26.3. The van der Waals surface area contributed by atoms with E-state index in [1.807, 2.05) is 100 Å². The van der Waals surface area contributed by atoms with Crippen molar-refractivity contribution in [3.63, 3.8) is 0 Å². The summed E-state index contributed by atoms with van der Waals surface area (Å²) in [4.78, 5) is 24.5. The Labute approximate surface area is 253 Å². The Morgan fingerprint density at radius 3 is 1.86 bits per heavy atom. The van der Waals surface area contributed by atoms with Crippen molar-refractivity contribution >= 4 is 19.3 Å². The summed E-state index contributed by atoms with van der Waals surface area (Å²) in [7, 11) is -3.06. The zero-order valence-electron chi connectivity index (χ0n) is 25.4. The largest absolute Gasteiger partial charge is 0.591 e. The van der Waals surface area contributed by atoms with Gasteiger partial charge in [-0.25, -0.2) is 0 Å². The third-order valence-electron chi connectivity index (χ3n) is 7.45. The molecule has 0 heterocycles. The van der Waals surface area contributed by atoms with E-state index in [0.717, 1.165) is 27.8 Å². The van der Waals surface area contributed by atoms with E-state index >= 15 is 0 Å². The van der Waals surface area contributed by atoms with Gasteiger partial charge in [-0.2, -0.15) is 0 Å². The summed E-state index contributed by atoms with van der Waals surface area (Å²) < 4.78 is 32.0. The summed E-state index contributed by atoms with van der Waals surface area (Å²) in [6.45, 7) is 11.4. The Hall–Kier alpha value is -4.19. The maximum Gasteiger partial charge on any atom is 0.353 e. The van der Waals surface area contributed by atoms with Crippen molar-refractivity contribution in [2.45, 2.75) is 66.6 Å². The van der Waals surface area contributed by atoms with Crippen molar-refractivity contribution in [3.05, 3.63) is 112 Å². The summed E-state index contributed by atoms with van der Waals surface area (Å²) >= 11 is 0. The smallest absolute Gasteiger partial charge is 0.353 e. The number of carboxylic acids is 1. The number of carbonyl (C=O) groups is 1. The van der Waals surface area contributed by atoms with Gasteiger partial charge >= 0.3 is 14.0 Å². The second kappa shape index (κ2) is 13.4. The van der Waals surface area contributed by atoms with Crippen LogP contribution in [0.5, 0.6) is 23.0 Å². The highest BCUT2D eigenvalue weighted by atomic mass is 31.1. The Kier molecular flexibility index (Phi) is 9.90. The second-order valence-corrected chi connectivity index (χ2v) is 12.4. The Morgan fingerprint density at radius 1 is 0.814 bits per heavy atom. The van der Waals surface area contributed by atoms with Gasteiger partial charge in [0.1, 0.15) is 19.0 Å². The summed E-state index contributed by atoms with van der Waals surface area (Å²) in [5, 5.41) is 9.71. The fraction of sp³-hybridized carbons (Fsp3) is 0.286. The first-order valence-electron chi connectivity index (χ1n) is 14.1. The van der Waals surface area contributed by atoms with Gasteiger partial charge in [0.25, 0.3) is 0 Å². The molecule has 0 aliphatic rings. The highest BCUT2D eigenvalue weighted by molar-refractivity contribution is 7.46. The average Bonchev–Trinajstić information content (AvgIpc) is 2.93. The average molecular weight is 601 g/mol. The van der Waals surface area contributed by atoms with Crippen LogP contribution in [0.25, 0.3) is 0 Å². The molecular formula is C35H37O7P. The number of aryl methyl sites for hydroxylation is 2. The highest BCUT2D eigenvalue weighted by Crippen LogP contribution is 2.48. The molecule has 224 valence electrons. The molecule has 4 aromatic rings. The molecule has 0 aliphatic heterocycles. The lowest BCUT2D eigenvalue weighted by Gasteiger charge is -2.29. The van der Waals surface area contributed by atoms with Gasteiger partial charge in [-0.1, -0.05) is 85.1 Å². The van der Waals surface area contributed by atoms with Gasteiger partial charge in [-0.15, -0.1) is 0 Å². The van der Waals surface area contributed by atoms with E-state index in [-0.39, 0.29) is 36.4 Å². The number of ether oxygens (including phenoxy) is 3. The normalized spacial score (nSPS) is 11.7. The molecule has 0 saturated carbocycles. The van der Waals surface area contributed by atoms with Gasteiger partial charge in [0.15, 0.2) is 5.75 Å². The SMILES string of the molecule is Cc1cc(C)c(C(C)(C)CC(=O)O)c(Oc2c(C)c(C)c([P+](=O)[O-])c(OCc3ccccc3)c2OCc2ccccc2)c1. The molecule has 43 heavy (non-hydrogen) atoms. The fourth-order valence-corrected chi connectivity index (χ4v) is 6.19. The molecule has 8 heteroatoms. The molecule has 1 unspecified atom stereocenters. The zero-order chi connectivity index (χ0) is 31.3. The standard InChI is InChI=1S/C35H37O7P/c1-22-17-23(2)30(35(5,6)19-29(36)37)28(18-22)42-31-24(3)25(4)34(43(38)39)33(41-21-27-15-11-8-12-16-27)32(31)40-20-26-13-9-7-10-14-26/h7-18H,19-21H2,1-6H3,(H,36,37). The molecule has 0 aromatic heterocycles. The molecule has 7 nitrogen and oxygen atoms in total. The Morgan fingerprint density at radius 2 is 1.35 bits per heavy atom. The fourth-order valence-electron chi connectivity index (χ4n) is 5.42. The molecule has 4 rings (SSSR count). The van der Waals surface area contributed by atoms with E-state index in [0.29, 0.717) is 22.6 Å². The Bertz CT molecular complexity index is 1630. The third-order valence-corrected chi connectivity index (χ3v) is 8.35. The maximum atomic E-state index is 12.7. The van der Waals surface area contributed by atoms with E-state index in [1.54, 1.807) is 13.8 Å². The van der Waals surface area contributed by atoms with Crippen molar-refractivity contribution in [1.29, 1.82) is 0 Å². The van der Waals surface area contributed by atoms with E-state index in [2.05, 4.69) is 0 Å². The van der Waals surface area contributed by atoms with Crippen LogP contribution < -0.4 is 24.4 Å². The van der Waals surface area contributed by atoms with Crippen LogP contribution in [0.4, 0.5) is 0 Å². The molecule has 0 saturated heterocycles. The second-order valence-electron chi connectivity index (χ2n) is 11.4. The maximum absolute atomic E-state index is 12.7. The van der Waals surface area contributed by atoms with Crippen LogP contribution in [0.15, 0.2) is 72.8 Å². The summed E-state index contributed by atoms with van der Waals surface area (Å²) in [6, 6.07) is 22.9. The first-order valence-corrected chi connectivity index (χ1v) is 15.2. The first-order chi connectivity index (χ1) is 20.4. The minimum atomic E-state index is -3.06. The molecule has 1 N–H and O–H groups in total. The summed E-state index contributed by atoms with van der Waals surface area (Å²) in [5.74, 6) is 0.108. The lowest BCUT2D eigenvalue weighted by molar-refractivity contribution is -0.160. The lowest BCUT2D eigenvalue weighted by atomic mass is 9.78. The van der Waals surface area contributed by atoms with Crippen molar-refractivity contribution in [1.82, 2.24) is 0 Å². The van der Waals surface area contributed by atoms with E-state index in [9.17, 15) is 19.4 Å². The quantitative estimate of drug-likeness (QED) is 0.170. The van der Waals surface area contributed by atoms with Crippen LogP contribution in [0, 0.1) is 27.7 Å². The number of hydrogen-bond acceptors (Lipinski definition) is 6. The number of rotatable bonds is 12. The molecule has 0 fully saturated rings. The highest BCUT2D eigenvalue weighted by Gasteiger charge is 2.34. The lowest BCUT2D eigenvalue weighted by Crippen LogP contribution is -2.24. The van der Waals surface area contributed by atoms with Crippen LogP contribution in [-0.4, -0.2) is 11.1 Å². The molecule has 0 bridgehead atoms. The van der Waals surface area contributed by atoms with Gasteiger partial charge < -0.3 is 24.2 Å². The predicted molar refractivity (Wildman–Crippen MR) is 166 cm³/mol. The molecule has 0 aliphatic carbocycles. The van der Waals surface area contributed by atoms with Gasteiger partial charge in [0.05, 0.1) is 6.42 Å². The number of carboxylic acid groups (broad SMARTS) is 1.